The van der Waals surface area contributed by atoms with Crippen LogP contribution in [-0.4, -0.2) is 36.7 Å². The van der Waals surface area contributed by atoms with Crippen LogP contribution in [-0.2, 0) is 20.9 Å². The van der Waals surface area contributed by atoms with Gasteiger partial charge in [-0.1, -0.05) is 30.3 Å². The molecule has 0 radical (unpaired) electrons. The molecule has 0 aromatic heterocycles. The first-order valence-electron chi connectivity index (χ1n) is 10.9. The van der Waals surface area contributed by atoms with Crippen LogP contribution in [0.1, 0.15) is 55.5 Å². The lowest BCUT2D eigenvalue weighted by molar-refractivity contribution is -0.385. The number of hydrogen-bond donors (Lipinski definition) is 0. The van der Waals surface area contributed by atoms with Gasteiger partial charge in [-0.05, 0) is 38.7 Å². The van der Waals surface area contributed by atoms with E-state index in [9.17, 15) is 19.7 Å². The van der Waals surface area contributed by atoms with Crippen molar-refractivity contribution in [1.29, 1.82) is 0 Å². The summed E-state index contributed by atoms with van der Waals surface area (Å²) in [4.78, 5) is 34.6. The maximum atomic E-state index is 12.3. The van der Waals surface area contributed by atoms with E-state index >= 15 is 0 Å². The molecule has 33 heavy (non-hydrogen) atoms. The third-order valence-corrected chi connectivity index (χ3v) is 4.58. The molecule has 0 amide bonds. The maximum Gasteiger partial charge on any atom is 0.345 e. The second-order valence-electron chi connectivity index (χ2n) is 7.03. The third kappa shape index (κ3) is 8.44. The molecule has 0 saturated heterocycles. The van der Waals surface area contributed by atoms with Gasteiger partial charge in [0.2, 0.25) is 0 Å². The van der Waals surface area contributed by atoms with E-state index in [2.05, 4.69) is 0 Å². The molecule has 0 aliphatic rings. The Hall–Kier alpha value is -3.62. The minimum atomic E-state index is -0.807. The summed E-state index contributed by atoms with van der Waals surface area (Å²) in [6, 6.07) is 11.8. The fraction of sp³-hybridized carbons (Fsp3) is 0.417. The molecule has 9 heteroatoms. The Morgan fingerprint density at radius 2 is 1.61 bits per heavy atom. The highest BCUT2D eigenvalue weighted by molar-refractivity contribution is 5.95. The molecule has 0 aliphatic carbocycles. The molecule has 2 rings (SSSR count). The van der Waals surface area contributed by atoms with Gasteiger partial charge >= 0.3 is 11.9 Å². The quantitative estimate of drug-likeness (QED) is 0.170. The van der Waals surface area contributed by atoms with Crippen LogP contribution in [0.2, 0.25) is 0 Å². The van der Waals surface area contributed by atoms with Crippen molar-refractivity contribution >= 4 is 17.6 Å². The van der Waals surface area contributed by atoms with Crippen LogP contribution in [0.4, 0.5) is 5.69 Å². The number of nitro benzene ring substituents is 1. The first-order chi connectivity index (χ1) is 16.0. The Morgan fingerprint density at radius 3 is 2.27 bits per heavy atom. The maximum absolute atomic E-state index is 12.3. The Labute approximate surface area is 192 Å². The molecule has 0 bridgehead atoms. The van der Waals surface area contributed by atoms with Gasteiger partial charge in [0.05, 0.1) is 30.8 Å². The van der Waals surface area contributed by atoms with E-state index in [1.165, 1.54) is 12.1 Å². The van der Waals surface area contributed by atoms with Gasteiger partial charge in [0.15, 0.2) is 11.5 Å². The van der Waals surface area contributed by atoms with Crippen molar-refractivity contribution in [3.05, 3.63) is 63.7 Å². The molecule has 0 N–H and O–H groups in total. The van der Waals surface area contributed by atoms with Crippen LogP contribution in [0.25, 0.3) is 0 Å². The highest BCUT2D eigenvalue weighted by Gasteiger charge is 2.26. The Kier molecular flexibility index (Phi) is 10.7. The predicted molar refractivity (Wildman–Crippen MR) is 120 cm³/mol. The van der Waals surface area contributed by atoms with Gasteiger partial charge in [0, 0.05) is 12.5 Å². The Morgan fingerprint density at radius 1 is 0.909 bits per heavy atom. The number of nitro groups is 1. The number of rotatable bonds is 14. The number of hydrogen-bond acceptors (Lipinski definition) is 8. The topological polar surface area (TPSA) is 114 Å². The molecular weight excluding hydrogens is 430 g/mol. The van der Waals surface area contributed by atoms with E-state index in [1.807, 2.05) is 30.3 Å². The van der Waals surface area contributed by atoms with Crippen molar-refractivity contribution in [2.24, 2.45) is 0 Å². The summed E-state index contributed by atoms with van der Waals surface area (Å²) in [6.07, 6.45) is 2.37. The summed E-state index contributed by atoms with van der Waals surface area (Å²) >= 11 is 0. The number of carbonyl (C=O) groups is 2. The van der Waals surface area contributed by atoms with Crippen LogP contribution in [0.3, 0.4) is 0 Å². The number of esters is 2. The van der Waals surface area contributed by atoms with Crippen molar-refractivity contribution in [2.75, 3.05) is 19.8 Å². The van der Waals surface area contributed by atoms with Gasteiger partial charge in [-0.3, -0.25) is 14.9 Å². The standard InChI is InChI=1S/C24H29NO8/c1-3-30-23(26)13-9-6-10-14-32-21-15-19(24(27)31-4-2)20(25(28)29)16-22(21)33-17-18-11-7-5-8-12-18/h5,7-8,11-12,15-16H,3-4,6,9-10,13-14,17H2,1-2H3. The molecule has 0 spiro atoms. The van der Waals surface area contributed by atoms with E-state index in [1.54, 1.807) is 13.8 Å². The summed E-state index contributed by atoms with van der Waals surface area (Å²) in [5, 5.41) is 11.6. The smallest absolute Gasteiger partial charge is 0.345 e. The van der Waals surface area contributed by atoms with E-state index < -0.39 is 16.6 Å². The van der Waals surface area contributed by atoms with Crippen LogP contribution >= 0.6 is 0 Å². The van der Waals surface area contributed by atoms with Crippen molar-refractivity contribution in [3.63, 3.8) is 0 Å². The Bertz CT molecular complexity index is 930. The predicted octanol–water partition coefficient (Wildman–Crippen LogP) is 4.85. The molecule has 0 aliphatic heterocycles. The molecular formula is C24H29NO8. The van der Waals surface area contributed by atoms with Gasteiger partial charge < -0.3 is 18.9 Å². The fourth-order valence-electron chi connectivity index (χ4n) is 3.00. The van der Waals surface area contributed by atoms with Gasteiger partial charge in [-0.25, -0.2) is 4.79 Å². The Balaban J connectivity index is 2.13. The zero-order chi connectivity index (χ0) is 24.1. The highest BCUT2D eigenvalue weighted by Crippen LogP contribution is 2.36. The molecule has 0 unspecified atom stereocenters. The van der Waals surface area contributed by atoms with Crippen molar-refractivity contribution < 1.29 is 33.5 Å². The summed E-state index contributed by atoms with van der Waals surface area (Å²) < 4.78 is 21.5. The number of carbonyl (C=O) groups excluding carboxylic acids is 2. The zero-order valence-electron chi connectivity index (χ0n) is 18.9. The van der Waals surface area contributed by atoms with Crippen LogP contribution in [0.15, 0.2) is 42.5 Å². The van der Waals surface area contributed by atoms with E-state index in [0.717, 1.165) is 12.0 Å². The van der Waals surface area contributed by atoms with Gasteiger partial charge in [-0.2, -0.15) is 0 Å². The molecule has 0 fully saturated rings. The lowest BCUT2D eigenvalue weighted by atomic mass is 10.1. The normalized spacial score (nSPS) is 10.4. The fourth-order valence-corrected chi connectivity index (χ4v) is 3.00. The van der Waals surface area contributed by atoms with Gasteiger partial charge in [0.25, 0.3) is 5.69 Å². The lowest BCUT2D eigenvalue weighted by Crippen LogP contribution is -2.10. The molecule has 2 aromatic carbocycles. The molecule has 0 heterocycles. The number of unbranched alkanes of at least 4 members (excludes halogenated alkanes) is 2. The van der Waals surface area contributed by atoms with Crippen LogP contribution in [0.5, 0.6) is 11.5 Å². The monoisotopic (exact) mass is 459 g/mol. The van der Waals surface area contributed by atoms with Gasteiger partial charge in [0.1, 0.15) is 12.2 Å². The largest absolute Gasteiger partial charge is 0.490 e. The number of benzene rings is 2. The minimum absolute atomic E-state index is 0.0822. The van der Waals surface area contributed by atoms with Crippen LogP contribution in [0, 0.1) is 10.1 Å². The number of nitrogens with zero attached hydrogens (tertiary/aromatic N) is 1. The lowest BCUT2D eigenvalue weighted by Gasteiger charge is -2.14. The number of ether oxygens (including phenoxy) is 4. The molecule has 9 nitrogen and oxygen atoms in total. The summed E-state index contributed by atoms with van der Waals surface area (Å²) in [5.41, 5.74) is 0.254. The van der Waals surface area contributed by atoms with E-state index in [0.29, 0.717) is 25.9 Å². The average Bonchev–Trinajstić information content (AvgIpc) is 2.80. The third-order valence-electron chi connectivity index (χ3n) is 4.58. The summed E-state index contributed by atoms with van der Waals surface area (Å²) in [6.45, 7) is 4.28. The minimum Gasteiger partial charge on any atom is -0.490 e. The molecule has 2 aromatic rings. The highest BCUT2D eigenvalue weighted by atomic mass is 16.6. The first kappa shape index (κ1) is 25.6. The first-order valence-corrected chi connectivity index (χ1v) is 10.9. The van der Waals surface area contributed by atoms with Gasteiger partial charge in [-0.15, -0.1) is 0 Å². The molecule has 178 valence electrons. The van der Waals surface area contributed by atoms with Crippen molar-refractivity contribution in [3.8, 4) is 11.5 Å². The van der Waals surface area contributed by atoms with E-state index in [-0.39, 0.29) is 42.9 Å². The summed E-state index contributed by atoms with van der Waals surface area (Å²) in [5.74, 6) is -0.669. The average molecular weight is 459 g/mol. The van der Waals surface area contributed by atoms with Crippen molar-refractivity contribution in [2.45, 2.75) is 46.1 Å². The molecule has 0 saturated carbocycles. The SMILES string of the molecule is CCOC(=O)CCCCCOc1cc(C(=O)OCC)c([N+](=O)[O-])cc1OCc1ccccc1. The van der Waals surface area contributed by atoms with E-state index in [4.69, 9.17) is 18.9 Å². The molecule has 0 atom stereocenters. The summed E-state index contributed by atoms with van der Waals surface area (Å²) in [7, 11) is 0. The van der Waals surface area contributed by atoms with Crippen LogP contribution < -0.4 is 9.47 Å². The van der Waals surface area contributed by atoms with Crippen molar-refractivity contribution in [1.82, 2.24) is 0 Å². The zero-order valence-corrected chi connectivity index (χ0v) is 18.9. The second kappa shape index (κ2) is 13.7. The second-order valence-corrected chi connectivity index (χ2v) is 7.03.